The van der Waals surface area contributed by atoms with Gasteiger partial charge in [0.05, 0.1) is 25.7 Å². The van der Waals surface area contributed by atoms with Gasteiger partial charge in [0.2, 0.25) is 0 Å². The molecule has 10 heteroatoms. The van der Waals surface area contributed by atoms with Gasteiger partial charge in [-0.1, -0.05) is 11.8 Å². The van der Waals surface area contributed by atoms with Gasteiger partial charge < -0.3 is 19.1 Å². The molecule has 0 saturated carbocycles. The fourth-order valence-electron chi connectivity index (χ4n) is 2.95. The Bertz CT molecular complexity index is 1110. The lowest BCUT2D eigenvalue weighted by molar-refractivity contribution is -0.118. The molecule has 0 saturated heterocycles. The van der Waals surface area contributed by atoms with Crippen LogP contribution in [0.3, 0.4) is 0 Å². The van der Waals surface area contributed by atoms with Gasteiger partial charge in [0.25, 0.3) is 5.91 Å². The number of carbonyl (C=O) groups excluding carboxylic acids is 1. The van der Waals surface area contributed by atoms with Crippen LogP contribution in [-0.2, 0) is 11.3 Å². The van der Waals surface area contributed by atoms with Crippen molar-refractivity contribution in [2.24, 2.45) is 5.10 Å². The zero-order valence-corrected chi connectivity index (χ0v) is 19.1. The van der Waals surface area contributed by atoms with E-state index >= 15 is 0 Å². The van der Waals surface area contributed by atoms with Crippen molar-refractivity contribution in [3.8, 4) is 28.6 Å². The van der Waals surface area contributed by atoms with Crippen molar-refractivity contribution in [3.63, 3.8) is 0 Å². The molecule has 32 heavy (non-hydrogen) atoms. The van der Waals surface area contributed by atoms with Crippen LogP contribution in [0.2, 0.25) is 0 Å². The summed E-state index contributed by atoms with van der Waals surface area (Å²) in [7, 11) is 3.17. The summed E-state index contributed by atoms with van der Waals surface area (Å²) in [4.78, 5) is 12.3. The number of aromatic nitrogens is 3. The standard InChI is InChI=1S/C22H25N5O4S/c1-5-27-21(16-8-11-18(30-3)19(12-16)31-4)25-26-22(27)32-13-20(29)24-23-14(2)15-6-9-17(28)10-7-15/h6-12,28H,5,13H2,1-4H3,(H,24,29)/b23-14+. The number of methoxy groups -OCH3 is 2. The van der Waals surface area contributed by atoms with Gasteiger partial charge in [-0.2, -0.15) is 5.10 Å². The molecule has 0 bridgehead atoms. The van der Waals surface area contributed by atoms with Gasteiger partial charge >= 0.3 is 0 Å². The molecular weight excluding hydrogens is 430 g/mol. The maximum absolute atomic E-state index is 12.3. The van der Waals surface area contributed by atoms with Crippen LogP contribution in [0.5, 0.6) is 17.2 Å². The highest BCUT2D eigenvalue weighted by atomic mass is 32.2. The number of benzene rings is 2. The molecule has 0 atom stereocenters. The molecule has 0 aliphatic carbocycles. The third-order valence-electron chi connectivity index (χ3n) is 4.64. The number of phenolic OH excluding ortho intramolecular Hbond substituents is 1. The molecule has 9 nitrogen and oxygen atoms in total. The maximum Gasteiger partial charge on any atom is 0.250 e. The first kappa shape index (κ1) is 23.1. The Morgan fingerprint density at radius 2 is 1.84 bits per heavy atom. The zero-order chi connectivity index (χ0) is 23.1. The molecule has 1 amide bonds. The van der Waals surface area contributed by atoms with Crippen molar-refractivity contribution in [2.45, 2.75) is 25.5 Å². The van der Waals surface area contributed by atoms with E-state index in [0.717, 1.165) is 11.1 Å². The third-order valence-corrected chi connectivity index (χ3v) is 5.61. The van der Waals surface area contributed by atoms with E-state index in [4.69, 9.17) is 9.47 Å². The lowest BCUT2D eigenvalue weighted by Crippen LogP contribution is -2.21. The minimum atomic E-state index is -0.258. The fourth-order valence-corrected chi connectivity index (χ4v) is 3.74. The molecule has 0 aliphatic rings. The molecule has 3 aromatic rings. The van der Waals surface area contributed by atoms with Gasteiger partial charge in [-0.15, -0.1) is 10.2 Å². The Labute approximate surface area is 190 Å². The van der Waals surface area contributed by atoms with Gasteiger partial charge in [0, 0.05) is 12.1 Å². The molecule has 2 N–H and O–H groups in total. The zero-order valence-electron chi connectivity index (χ0n) is 18.3. The Kier molecular flexibility index (Phi) is 7.72. The molecule has 1 aromatic heterocycles. The molecule has 0 fully saturated rings. The fraction of sp³-hybridized carbons (Fsp3) is 0.273. The Balaban J connectivity index is 1.67. The summed E-state index contributed by atoms with van der Waals surface area (Å²) in [6.45, 7) is 4.41. The highest BCUT2D eigenvalue weighted by Crippen LogP contribution is 2.32. The molecule has 1 heterocycles. The first-order valence-electron chi connectivity index (χ1n) is 9.87. The molecule has 0 unspecified atom stereocenters. The Morgan fingerprint density at radius 3 is 2.50 bits per heavy atom. The van der Waals surface area contributed by atoms with Gasteiger partial charge in [0.1, 0.15) is 5.75 Å². The van der Waals surface area contributed by atoms with Crippen LogP contribution in [0.15, 0.2) is 52.7 Å². The second-order valence-corrected chi connectivity index (χ2v) is 7.63. The lowest BCUT2D eigenvalue weighted by atomic mass is 10.1. The van der Waals surface area contributed by atoms with E-state index < -0.39 is 0 Å². The number of carbonyl (C=O) groups is 1. The molecule has 0 spiro atoms. The number of amides is 1. The molecule has 3 rings (SSSR count). The van der Waals surface area contributed by atoms with E-state index in [1.165, 1.54) is 11.8 Å². The number of nitrogens with one attached hydrogen (secondary N) is 1. The van der Waals surface area contributed by atoms with Crippen LogP contribution in [0, 0.1) is 0 Å². The minimum Gasteiger partial charge on any atom is -0.508 e. The summed E-state index contributed by atoms with van der Waals surface area (Å²) in [6.07, 6.45) is 0. The van der Waals surface area contributed by atoms with Crippen LogP contribution in [0.4, 0.5) is 0 Å². The number of thioether (sulfide) groups is 1. The molecular formula is C22H25N5O4S. The van der Waals surface area contributed by atoms with Crippen molar-refractivity contribution in [1.29, 1.82) is 0 Å². The van der Waals surface area contributed by atoms with Crippen molar-refractivity contribution < 1.29 is 19.4 Å². The van der Waals surface area contributed by atoms with Crippen LogP contribution in [0.25, 0.3) is 11.4 Å². The summed E-state index contributed by atoms with van der Waals surface area (Å²) in [6, 6.07) is 12.1. The van der Waals surface area contributed by atoms with E-state index in [-0.39, 0.29) is 17.4 Å². The van der Waals surface area contributed by atoms with Crippen molar-refractivity contribution in [2.75, 3.05) is 20.0 Å². The average Bonchev–Trinajstić information content (AvgIpc) is 3.24. The van der Waals surface area contributed by atoms with E-state index in [0.29, 0.717) is 34.7 Å². The largest absolute Gasteiger partial charge is 0.508 e. The smallest absolute Gasteiger partial charge is 0.250 e. The highest BCUT2D eigenvalue weighted by molar-refractivity contribution is 7.99. The van der Waals surface area contributed by atoms with Crippen LogP contribution in [-0.4, -0.2) is 51.5 Å². The maximum atomic E-state index is 12.3. The Morgan fingerprint density at radius 1 is 1.12 bits per heavy atom. The molecule has 0 aliphatic heterocycles. The normalized spacial score (nSPS) is 11.3. The quantitative estimate of drug-likeness (QED) is 0.289. The third kappa shape index (κ3) is 5.38. The van der Waals surface area contributed by atoms with Gasteiger partial charge in [0.15, 0.2) is 22.5 Å². The Hall–Kier alpha value is -3.53. The van der Waals surface area contributed by atoms with Crippen LogP contribution in [0.1, 0.15) is 19.4 Å². The number of phenols is 1. The first-order chi connectivity index (χ1) is 15.5. The predicted octanol–water partition coefficient (Wildman–Crippen LogP) is 3.32. The summed E-state index contributed by atoms with van der Waals surface area (Å²) in [5.74, 6) is 1.97. The van der Waals surface area contributed by atoms with Crippen molar-refractivity contribution in [3.05, 3.63) is 48.0 Å². The highest BCUT2D eigenvalue weighted by Gasteiger charge is 2.16. The summed E-state index contributed by atoms with van der Waals surface area (Å²) < 4.78 is 12.6. The second kappa shape index (κ2) is 10.7. The molecule has 2 aromatic carbocycles. The van der Waals surface area contributed by atoms with E-state index in [9.17, 15) is 9.90 Å². The van der Waals surface area contributed by atoms with E-state index in [2.05, 4.69) is 20.7 Å². The number of nitrogens with zero attached hydrogens (tertiary/aromatic N) is 4. The monoisotopic (exact) mass is 455 g/mol. The van der Waals surface area contributed by atoms with Crippen LogP contribution < -0.4 is 14.9 Å². The SMILES string of the molecule is CCn1c(SCC(=O)N/N=C(\C)c2ccc(O)cc2)nnc1-c1ccc(OC)c(OC)c1. The van der Waals surface area contributed by atoms with Gasteiger partial charge in [-0.05, 0) is 61.9 Å². The lowest BCUT2D eigenvalue weighted by Gasteiger charge is -2.10. The average molecular weight is 456 g/mol. The number of hydrazone groups is 1. The van der Waals surface area contributed by atoms with Crippen LogP contribution >= 0.6 is 11.8 Å². The number of hydrogen-bond acceptors (Lipinski definition) is 8. The number of hydrogen-bond donors (Lipinski definition) is 2. The predicted molar refractivity (Wildman–Crippen MR) is 123 cm³/mol. The van der Waals surface area contributed by atoms with Gasteiger partial charge in [-0.3, -0.25) is 4.79 Å². The van der Waals surface area contributed by atoms with Crippen molar-refractivity contribution in [1.82, 2.24) is 20.2 Å². The first-order valence-corrected chi connectivity index (χ1v) is 10.9. The van der Waals surface area contributed by atoms with E-state index in [1.807, 2.05) is 29.7 Å². The molecule has 168 valence electrons. The summed E-state index contributed by atoms with van der Waals surface area (Å²) in [5, 5.41) is 22.7. The number of ether oxygens (including phenoxy) is 2. The molecule has 0 radical (unpaired) electrons. The van der Waals surface area contributed by atoms with E-state index in [1.54, 1.807) is 45.4 Å². The topological polar surface area (TPSA) is 111 Å². The second-order valence-electron chi connectivity index (χ2n) is 6.69. The summed E-state index contributed by atoms with van der Waals surface area (Å²) >= 11 is 1.28. The number of aromatic hydroxyl groups is 1. The summed E-state index contributed by atoms with van der Waals surface area (Å²) in [5.41, 5.74) is 4.82. The minimum absolute atomic E-state index is 0.135. The van der Waals surface area contributed by atoms with Gasteiger partial charge in [-0.25, -0.2) is 5.43 Å². The number of rotatable bonds is 9. The van der Waals surface area contributed by atoms with Crippen molar-refractivity contribution >= 4 is 23.4 Å².